The third-order valence-corrected chi connectivity index (χ3v) is 4.39. The van der Waals surface area contributed by atoms with E-state index in [-0.39, 0.29) is 12.1 Å². The number of carbonyl (C=O) groups is 3. The fourth-order valence-corrected chi connectivity index (χ4v) is 2.80. The molecule has 1 saturated heterocycles. The van der Waals surface area contributed by atoms with Crippen LogP contribution in [0.4, 0.5) is 4.79 Å². The van der Waals surface area contributed by atoms with Crippen molar-refractivity contribution in [2.75, 3.05) is 45.9 Å². The van der Waals surface area contributed by atoms with Crippen molar-refractivity contribution in [1.82, 2.24) is 20.4 Å². The average molecular weight is 356 g/mol. The van der Waals surface area contributed by atoms with Gasteiger partial charge in [-0.3, -0.25) is 9.59 Å². The quantitative estimate of drug-likeness (QED) is 0.490. The van der Waals surface area contributed by atoms with E-state index in [0.717, 1.165) is 26.1 Å². The van der Waals surface area contributed by atoms with Crippen LogP contribution in [0.15, 0.2) is 0 Å². The minimum atomic E-state index is -0.600. The molecule has 0 aliphatic carbocycles. The molecule has 0 aromatic carbocycles. The largest absolute Gasteiger partial charge is 0.450 e. The summed E-state index contributed by atoms with van der Waals surface area (Å²) < 4.78 is 4.96. The highest BCUT2D eigenvalue weighted by Gasteiger charge is 2.26. The summed E-state index contributed by atoms with van der Waals surface area (Å²) in [7, 11) is 0. The number of piperidine rings is 1. The Bertz CT molecular complexity index is 432. The van der Waals surface area contributed by atoms with Gasteiger partial charge in [-0.2, -0.15) is 0 Å². The van der Waals surface area contributed by atoms with Crippen molar-refractivity contribution in [2.45, 2.75) is 46.1 Å². The van der Waals surface area contributed by atoms with Gasteiger partial charge < -0.3 is 25.2 Å². The summed E-state index contributed by atoms with van der Waals surface area (Å²) in [5, 5.41) is 5.40. The van der Waals surface area contributed by atoms with Gasteiger partial charge in [-0.05, 0) is 45.8 Å². The summed E-state index contributed by atoms with van der Waals surface area (Å²) in [5.41, 5.74) is 0. The molecule has 1 fully saturated rings. The first kappa shape index (κ1) is 21.2. The van der Waals surface area contributed by atoms with Crippen LogP contribution >= 0.6 is 0 Å². The monoisotopic (exact) mass is 356 g/mol. The Morgan fingerprint density at radius 1 is 1.08 bits per heavy atom. The minimum Gasteiger partial charge on any atom is -0.450 e. The lowest BCUT2D eigenvalue weighted by Gasteiger charge is -2.31. The fraction of sp³-hybridized carbons (Fsp3) is 0.824. The second kappa shape index (κ2) is 11.7. The SMILES string of the molecule is CCOC(=O)N1CCC(NC(=O)C(=O)NCCCN(CC)CC)CC1. The predicted octanol–water partition coefficient (Wildman–Crippen LogP) is 0.572. The zero-order chi connectivity index (χ0) is 18.7. The Kier molecular flexibility index (Phi) is 9.91. The summed E-state index contributed by atoms with van der Waals surface area (Å²) in [6.07, 6.45) is 1.75. The first-order valence-corrected chi connectivity index (χ1v) is 9.24. The molecule has 1 aliphatic heterocycles. The summed E-state index contributed by atoms with van der Waals surface area (Å²) in [4.78, 5) is 39.3. The van der Waals surface area contributed by atoms with Crippen LogP contribution in [0.5, 0.6) is 0 Å². The van der Waals surface area contributed by atoms with E-state index < -0.39 is 11.8 Å². The fourth-order valence-electron chi connectivity index (χ4n) is 2.80. The number of hydrogen-bond acceptors (Lipinski definition) is 5. The van der Waals surface area contributed by atoms with Crippen molar-refractivity contribution in [3.05, 3.63) is 0 Å². The third-order valence-electron chi connectivity index (χ3n) is 4.39. The molecule has 144 valence electrons. The Balaban J connectivity index is 2.21. The Morgan fingerprint density at radius 3 is 2.28 bits per heavy atom. The van der Waals surface area contributed by atoms with Gasteiger partial charge in [0.15, 0.2) is 0 Å². The molecule has 0 atom stereocenters. The maximum atomic E-state index is 11.9. The van der Waals surface area contributed by atoms with Gasteiger partial charge in [0.05, 0.1) is 6.61 Å². The second-order valence-corrected chi connectivity index (χ2v) is 6.07. The molecule has 3 amide bonds. The van der Waals surface area contributed by atoms with Crippen LogP contribution in [0.1, 0.15) is 40.0 Å². The molecule has 0 bridgehead atoms. The Labute approximate surface area is 150 Å². The zero-order valence-corrected chi connectivity index (χ0v) is 15.7. The Hall–Kier alpha value is -1.83. The highest BCUT2D eigenvalue weighted by molar-refractivity contribution is 6.35. The standard InChI is InChI=1S/C17H32N4O4/c1-4-20(5-2)11-7-10-18-15(22)16(23)19-14-8-12-21(13-9-14)17(24)25-6-3/h14H,4-13H2,1-3H3,(H,18,22)(H,19,23). The maximum Gasteiger partial charge on any atom is 0.409 e. The number of amides is 3. The average Bonchev–Trinajstić information content (AvgIpc) is 2.62. The molecule has 0 aromatic rings. The van der Waals surface area contributed by atoms with Crippen LogP contribution in [0.3, 0.4) is 0 Å². The Morgan fingerprint density at radius 2 is 1.72 bits per heavy atom. The van der Waals surface area contributed by atoms with E-state index in [2.05, 4.69) is 29.4 Å². The van der Waals surface area contributed by atoms with Gasteiger partial charge in [0.1, 0.15) is 0 Å². The number of rotatable bonds is 8. The lowest BCUT2D eigenvalue weighted by atomic mass is 10.1. The second-order valence-electron chi connectivity index (χ2n) is 6.07. The van der Waals surface area contributed by atoms with Crippen molar-refractivity contribution >= 4 is 17.9 Å². The van der Waals surface area contributed by atoms with Crippen LogP contribution < -0.4 is 10.6 Å². The van der Waals surface area contributed by atoms with E-state index in [1.165, 1.54) is 0 Å². The van der Waals surface area contributed by atoms with Crippen LogP contribution in [0.25, 0.3) is 0 Å². The predicted molar refractivity (Wildman–Crippen MR) is 95.2 cm³/mol. The van der Waals surface area contributed by atoms with Gasteiger partial charge in [0.25, 0.3) is 0 Å². The molecule has 0 unspecified atom stereocenters. The molecule has 0 aromatic heterocycles. The summed E-state index contributed by atoms with van der Waals surface area (Å²) in [5.74, 6) is -1.19. The van der Waals surface area contributed by atoms with E-state index in [0.29, 0.717) is 39.1 Å². The van der Waals surface area contributed by atoms with Crippen LogP contribution in [0, 0.1) is 0 Å². The highest BCUT2D eigenvalue weighted by Crippen LogP contribution is 2.11. The van der Waals surface area contributed by atoms with Gasteiger partial charge in [-0.25, -0.2) is 4.79 Å². The van der Waals surface area contributed by atoms with Crippen molar-refractivity contribution in [2.24, 2.45) is 0 Å². The van der Waals surface area contributed by atoms with Crippen molar-refractivity contribution in [1.29, 1.82) is 0 Å². The van der Waals surface area contributed by atoms with Gasteiger partial charge in [-0.1, -0.05) is 13.8 Å². The summed E-state index contributed by atoms with van der Waals surface area (Å²) >= 11 is 0. The molecule has 25 heavy (non-hydrogen) atoms. The number of nitrogens with zero attached hydrogens (tertiary/aromatic N) is 2. The van der Waals surface area contributed by atoms with Gasteiger partial charge in [0, 0.05) is 25.7 Å². The van der Waals surface area contributed by atoms with Gasteiger partial charge in [-0.15, -0.1) is 0 Å². The van der Waals surface area contributed by atoms with Crippen molar-refractivity contribution in [3.8, 4) is 0 Å². The number of carbonyl (C=O) groups excluding carboxylic acids is 3. The number of ether oxygens (including phenoxy) is 1. The van der Waals surface area contributed by atoms with Gasteiger partial charge >= 0.3 is 17.9 Å². The van der Waals surface area contributed by atoms with Crippen LogP contribution in [-0.2, 0) is 14.3 Å². The maximum absolute atomic E-state index is 11.9. The van der Waals surface area contributed by atoms with Crippen molar-refractivity contribution in [3.63, 3.8) is 0 Å². The smallest absolute Gasteiger partial charge is 0.409 e. The zero-order valence-electron chi connectivity index (χ0n) is 15.7. The number of nitrogens with one attached hydrogen (secondary N) is 2. The topological polar surface area (TPSA) is 91.0 Å². The van der Waals surface area contributed by atoms with Crippen LogP contribution in [-0.4, -0.2) is 79.6 Å². The molecular weight excluding hydrogens is 324 g/mol. The number of likely N-dealkylation sites (tertiary alicyclic amines) is 1. The molecule has 0 radical (unpaired) electrons. The first-order valence-electron chi connectivity index (χ1n) is 9.24. The molecule has 2 N–H and O–H groups in total. The molecule has 0 saturated carbocycles. The molecule has 1 heterocycles. The molecule has 0 spiro atoms. The minimum absolute atomic E-state index is 0.0837. The lowest BCUT2D eigenvalue weighted by molar-refractivity contribution is -0.139. The molecule has 1 aliphatic rings. The normalized spacial score (nSPS) is 15.1. The van der Waals surface area contributed by atoms with E-state index >= 15 is 0 Å². The van der Waals surface area contributed by atoms with Gasteiger partial charge in [0.2, 0.25) is 0 Å². The van der Waals surface area contributed by atoms with Crippen LogP contribution in [0.2, 0.25) is 0 Å². The number of hydrogen-bond donors (Lipinski definition) is 2. The van der Waals surface area contributed by atoms with E-state index in [1.807, 2.05) is 0 Å². The van der Waals surface area contributed by atoms with Crippen molar-refractivity contribution < 1.29 is 19.1 Å². The molecule has 8 heteroatoms. The highest BCUT2D eigenvalue weighted by atomic mass is 16.6. The van der Waals surface area contributed by atoms with E-state index in [1.54, 1.807) is 11.8 Å². The molecule has 1 rings (SSSR count). The summed E-state index contributed by atoms with van der Waals surface area (Å²) in [6, 6.07) is -0.0837. The van der Waals surface area contributed by atoms with E-state index in [9.17, 15) is 14.4 Å². The lowest BCUT2D eigenvalue weighted by Crippen LogP contribution is -2.50. The molecular formula is C17H32N4O4. The first-order chi connectivity index (χ1) is 12.0. The third kappa shape index (κ3) is 7.72. The summed E-state index contributed by atoms with van der Waals surface area (Å²) in [6.45, 7) is 10.7. The van der Waals surface area contributed by atoms with E-state index in [4.69, 9.17) is 4.74 Å². The molecule has 8 nitrogen and oxygen atoms in total.